The minimum atomic E-state index is -2.71. The number of carbonyl (C=O) groups excluding carboxylic acids is 1. The van der Waals surface area contributed by atoms with Crippen LogP contribution in [0.2, 0.25) is 0 Å². The molecule has 0 radical (unpaired) electrons. The van der Waals surface area contributed by atoms with Gasteiger partial charge in [-0.2, -0.15) is 0 Å². The fourth-order valence-corrected chi connectivity index (χ4v) is 1.23. The maximum Gasteiger partial charge on any atom is 0.351 e. The zero-order chi connectivity index (χ0) is 11.1. The summed E-state index contributed by atoms with van der Waals surface area (Å²) in [6, 6.07) is 0. The summed E-state index contributed by atoms with van der Waals surface area (Å²) < 4.78 is 4.32. The van der Waals surface area contributed by atoms with E-state index in [1.165, 1.54) is 0 Å². The predicted molar refractivity (Wildman–Crippen MR) is 39.3 cm³/mol. The van der Waals surface area contributed by atoms with Gasteiger partial charge in [-0.15, -0.1) is 0 Å². The highest BCUT2D eigenvalue weighted by Crippen LogP contribution is 2.37. The highest BCUT2D eigenvalue weighted by atomic mass is 16.6. The van der Waals surface area contributed by atoms with E-state index in [4.69, 9.17) is 10.2 Å². The number of hydrogen-bond donors (Lipinski definition) is 3. The van der Waals surface area contributed by atoms with Crippen LogP contribution in [0.1, 0.15) is 13.3 Å². The van der Waals surface area contributed by atoms with Crippen LogP contribution in [0.4, 0.5) is 0 Å². The molecular formula is C7H8O7. The van der Waals surface area contributed by atoms with Gasteiger partial charge in [0, 0.05) is 0 Å². The third kappa shape index (κ3) is 1.06. The number of cyclic esters (lactones) is 1. The monoisotopic (exact) mass is 204 g/mol. The molecule has 1 rings (SSSR count). The second-order valence-corrected chi connectivity index (χ2v) is 3.15. The summed E-state index contributed by atoms with van der Waals surface area (Å²) in [4.78, 5) is 32.1. The number of aliphatic carboxylic acids is 2. The first-order chi connectivity index (χ1) is 6.24. The first kappa shape index (κ1) is 10.5. The molecule has 0 spiro atoms. The Bertz CT molecular complexity index is 292. The van der Waals surface area contributed by atoms with Crippen LogP contribution in [0.25, 0.3) is 0 Å². The van der Waals surface area contributed by atoms with E-state index in [2.05, 4.69) is 4.74 Å². The molecule has 7 heteroatoms. The lowest BCUT2D eigenvalue weighted by atomic mass is 9.84. The van der Waals surface area contributed by atoms with Crippen LogP contribution in [-0.2, 0) is 19.1 Å². The lowest BCUT2D eigenvalue weighted by molar-refractivity contribution is -0.194. The molecular weight excluding hydrogens is 196 g/mol. The molecule has 7 nitrogen and oxygen atoms in total. The minimum absolute atomic E-state index is 0.842. The first-order valence-corrected chi connectivity index (χ1v) is 3.65. The third-order valence-corrected chi connectivity index (χ3v) is 2.27. The molecule has 0 saturated carbocycles. The standard InChI is InChI=1S/C7H8O7/c1-6(4(9)10)7(13,5(11)12)2-3(8)14-6/h13H,2H2,1H3,(H,9,10)(H,11,12). The van der Waals surface area contributed by atoms with Crippen molar-refractivity contribution in [1.82, 2.24) is 0 Å². The van der Waals surface area contributed by atoms with Crippen molar-refractivity contribution in [2.45, 2.75) is 24.5 Å². The predicted octanol–water partition coefficient (Wildman–Crippen LogP) is -1.41. The molecule has 0 aromatic rings. The Labute approximate surface area is 77.9 Å². The van der Waals surface area contributed by atoms with Crippen molar-refractivity contribution >= 4 is 17.9 Å². The molecule has 1 heterocycles. The topological polar surface area (TPSA) is 121 Å². The van der Waals surface area contributed by atoms with Gasteiger partial charge in [0.1, 0.15) is 0 Å². The molecule has 1 fully saturated rings. The molecule has 0 aromatic heterocycles. The lowest BCUT2D eigenvalue weighted by Gasteiger charge is -2.28. The Morgan fingerprint density at radius 1 is 1.36 bits per heavy atom. The molecule has 0 amide bonds. The van der Waals surface area contributed by atoms with Gasteiger partial charge < -0.3 is 20.1 Å². The number of hydrogen-bond acceptors (Lipinski definition) is 5. The maximum absolute atomic E-state index is 10.8. The van der Waals surface area contributed by atoms with Gasteiger partial charge in [0.15, 0.2) is 0 Å². The largest absolute Gasteiger partial charge is 0.479 e. The number of aliphatic hydroxyl groups is 1. The molecule has 1 aliphatic heterocycles. The zero-order valence-corrected chi connectivity index (χ0v) is 7.18. The number of rotatable bonds is 2. The number of carboxylic acids is 2. The summed E-state index contributed by atoms with van der Waals surface area (Å²) in [6.45, 7) is 0.842. The summed E-state index contributed by atoms with van der Waals surface area (Å²) in [6.07, 6.45) is -0.870. The van der Waals surface area contributed by atoms with E-state index in [1.54, 1.807) is 0 Å². The van der Waals surface area contributed by atoms with Gasteiger partial charge in [-0.1, -0.05) is 0 Å². The normalized spacial score (nSPS) is 36.6. The average Bonchev–Trinajstić information content (AvgIpc) is 2.24. The van der Waals surface area contributed by atoms with Crippen LogP contribution in [0.3, 0.4) is 0 Å². The molecule has 1 saturated heterocycles. The molecule has 0 bridgehead atoms. The Morgan fingerprint density at radius 2 is 1.86 bits per heavy atom. The highest BCUT2D eigenvalue weighted by Gasteiger charge is 2.67. The fourth-order valence-electron chi connectivity index (χ4n) is 1.23. The van der Waals surface area contributed by atoms with Gasteiger partial charge in [0.05, 0.1) is 6.42 Å². The maximum atomic E-state index is 10.8. The van der Waals surface area contributed by atoms with Crippen molar-refractivity contribution in [1.29, 1.82) is 0 Å². The number of carbonyl (C=O) groups is 3. The smallest absolute Gasteiger partial charge is 0.351 e. The summed E-state index contributed by atoms with van der Waals surface area (Å²) in [5, 5.41) is 26.8. The summed E-state index contributed by atoms with van der Waals surface area (Å²) in [5.74, 6) is -4.55. The van der Waals surface area contributed by atoms with E-state index < -0.39 is 35.5 Å². The highest BCUT2D eigenvalue weighted by molar-refractivity contribution is 5.98. The first-order valence-electron chi connectivity index (χ1n) is 3.65. The number of ether oxygens (including phenoxy) is 1. The summed E-state index contributed by atoms with van der Waals surface area (Å²) >= 11 is 0. The van der Waals surface area contributed by atoms with E-state index in [-0.39, 0.29) is 0 Å². The van der Waals surface area contributed by atoms with Crippen LogP contribution in [0, 0.1) is 0 Å². The molecule has 78 valence electrons. The van der Waals surface area contributed by atoms with Gasteiger partial charge in [0.25, 0.3) is 0 Å². The molecule has 2 unspecified atom stereocenters. The molecule has 14 heavy (non-hydrogen) atoms. The Morgan fingerprint density at radius 3 is 2.14 bits per heavy atom. The van der Waals surface area contributed by atoms with Crippen molar-refractivity contribution < 1.29 is 34.4 Å². The second kappa shape index (κ2) is 2.68. The molecule has 0 aromatic carbocycles. The van der Waals surface area contributed by atoms with E-state index in [0.717, 1.165) is 6.92 Å². The van der Waals surface area contributed by atoms with E-state index in [9.17, 15) is 19.5 Å². The minimum Gasteiger partial charge on any atom is -0.479 e. The fraction of sp³-hybridized carbons (Fsp3) is 0.571. The SMILES string of the molecule is CC1(C(=O)O)OC(=O)CC1(O)C(=O)O. The van der Waals surface area contributed by atoms with Crippen LogP contribution >= 0.6 is 0 Å². The molecule has 1 aliphatic rings. The molecule has 0 aliphatic carbocycles. The van der Waals surface area contributed by atoms with Crippen LogP contribution in [0.15, 0.2) is 0 Å². The van der Waals surface area contributed by atoms with Crippen molar-refractivity contribution in [2.75, 3.05) is 0 Å². The second-order valence-electron chi connectivity index (χ2n) is 3.15. The number of esters is 1. The van der Waals surface area contributed by atoms with Gasteiger partial charge in [-0.25, -0.2) is 9.59 Å². The van der Waals surface area contributed by atoms with E-state index in [1.807, 2.05) is 0 Å². The summed E-state index contributed by atoms with van der Waals surface area (Å²) in [7, 11) is 0. The van der Waals surface area contributed by atoms with Gasteiger partial charge in [-0.05, 0) is 6.92 Å². The molecule has 2 atom stereocenters. The van der Waals surface area contributed by atoms with Crippen molar-refractivity contribution in [3.63, 3.8) is 0 Å². The van der Waals surface area contributed by atoms with Gasteiger partial charge in [-0.3, -0.25) is 4.79 Å². The number of carboxylic acid groups (broad SMARTS) is 2. The third-order valence-electron chi connectivity index (χ3n) is 2.27. The van der Waals surface area contributed by atoms with Crippen molar-refractivity contribution in [3.8, 4) is 0 Å². The lowest BCUT2D eigenvalue weighted by Crippen LogP contribution is -2.59. The Hall–Kier alpha value is -1.63. The molecule has 3 N–H and O–H groups in total. The summed E-state index contributed by atoms with van der Waals surface area (Å²) in [5.41, 5.74) is -5.15. The average molecular weight is 204 g/mol. The van der Waals surface area contributed by atoms with Crippen LogP contribution < -0.4 is 0 Å². The van der Waals surface area contributed by atoms with E-state index in [0.29, 0.717) is 0 Å². The van der Waals surface area contributed by atoms with Gasteiger partial charge >= 0.3 is 17.9 Å². The van der Waals surface area contributed by atoms with Crippen LogP contribution in [-0.4, -0.2) is 44.4 Å². The van der Waals surface area contributed by atoms with Crippen molar-refractivity contribution in [2.24, 2.45) is 0 Å². The van der Waals surface area contributed by atoms with Gasteiger partial charge in [0.2, 0.25) is 11.2 Å². The Balaban J connectivity index is 3.24. The van der Waals surface area contributed by atoms with E-state index >= 15 is 0 Å². The van der Waals surface area contributed by atoms with Crippen LogP contribution in [0.5, 0.6) is 0 Å². The Kier molecular flexibility index (Phi) is 2.00. The quantitative estimate of drug-likeness (QED) is 0.472. The zero-order valence-electron chi connectivity index (χ0n) is 7.18. The van der Waals surface area contributed by atoms with Crippen molar-refractivity contribution in [3.05, 3.63) is 0 Å².